The van der Waals surface area contributed by atoms with Crippen LogP contribution in [0.3, 0.4) is 0 Å². The quantitative estimate of drug-likeness (QED) is 0.704. The molecule has 3 rings (SSSR count). The van der Waals surface area contributed by atoms with Crippen LogP contribution in [-0.2, 0) is 9.47 Å². The molecule has 6 heteroatoms. The molecular formula is C21H24O6. The molecule has 2 unspecified atom stereocenters. The van der Waals surface area contributed by atoms with Crippen molar-refractivity contribution in [3.63, 3.8) is 0 Å². The van der Waals surface area contributed by atoms with E-state index in [1.54, 1.807) is 24.3 Å². The maximum Gasteiger partial charge on any atom is 0.161 e. The van der Waals surface area contributed by atoms with Crippen LogP contribution in [0, 0.1) is 5.92 Å². The first-order valence-corrected chi connectivity index (χ1v) is 8.70. The van der Waals surface area contributed by atoms with Crippen molar-refractivity contribution in [2.24, 2.45) is 5.92 Å². The Labute approximate surface area is 158 Å². The van der Waals surface area contributed by atoms with Crippen LogP contribution in [-0.4, -0.2) is 48.9 Å². The number of phenols is 1. The molecule has 0 radical (unpaired) electrons. The van der Waals surface area contributed by atoms with Gasteiger partial charge in [-0.25, -0.2) is 0 Å². The van der Waals surface area contributed by atoms with Gasteiger partial charge in [0, 0.05) is 12.3 Å². The van der Waals surface area contributed by atoms with Crippen LogP contribution in [0.25, 0.3) is 6.08 Å². The maximum atomic E-state index is 10.8. The second kappa shape index (κ2) is 8.33. The molecule has 2 atom stereocenters. The van der Waals surface area contributed by atoms with Gasteiger partial charge in [-0.2, -0.15) is 0 Å². The standard InChI is InChI=1S/C21H24O6/c1-25-19-9-13(3-5-17(19)22)7-15-11-27-12-16(21(15)24)8-14-4-6-18(23)20(10-14)26-2/h3-9,14,21-24H,10-12H2,1-2H3/b15-7+,16-8+. The van der Waals surface area contributed by atoms with Crippen molar-refractivity contribution >= 4 is 6.08 Å². The highest BCUT2D eigenvalue weighted by molar-refractivity contribution is 5.60. The summed E-state index contributed by atoms with van der Waals surface area (Å²) in [6.07, 6.45) is 7.06. The summed E-state index contributed by atoms with van der Waals surface area (Å²) < 4.78 is 16.0. The average molecular weight is 372 g/mol. The topological polar surface area (TPSA) is 88.4 Å². The van der Waals surface area contributed by atoms with E-state index in [-0.39, 0.29) is 17.4 Å². The van der Waals surface area contributed by atoms with Gasteiger partial charge < -0.3 is 29.5 Å². The summed E-state index contributed by atoms with van der Waals surface area (Å²) in [5.41, 5.74) is 2.30. The molecule has 1 aliphatic heterocycles. The molecule has 1 aromatic carbocycles. The molecule has 0 spiro atoms. The normalized spacial score (nSPS) is 25.9. The number of aromatic hydroxyl groups is 1. The van der Waals surface area contributed by atoms with Crippen LogP contribution < -0.4 is 4.74 Å². The third kappa shape index (κ3) is 4.35. The number of methoxy groups -OCH3 is 2. The minimum absolute atomic E-state index is 0.0113. The van der Waals surface area contributed by atoms with Gasteiger partial charge >= 0.3 is 0 Å². The number of aliphatic hydroxyl groups is 2. The molecule has 1 aromatic rings. The van der Waals surface area contributed by atoms with Gasteiger partial charge in [-0.05, 0) is 34.9 Å². The van der Waals surface area contributed by atoms with E-state index in [1.165, 1.54) is 14.2 Å². The van der Waals surface area contributed by atoms with Crippen molar-refractivity contribution in [1.82, 2.24) is 0 Å². The molecule has 1 fully saturated rings. The van der Waals surface area contributed by atoms with Crippen molar-refractivity contribution in [1.29, 1.82) is 0 Å². The smallest absolute Gasteiger partial charge is 0.161 e. The Bertz CT molecular complexity index is 818. The highest BCUT2D eigenvalue weighted by Crippen LogP contribution is 2.30. The van der Waals surface area contributed by atoms with Crippen molar-refractivity contribution in [3.05, 3.63) is 64.7 Å². The largest absolute Gasteiger partial charge is 0.504 e. The van der Waals surface area contributed by atoms with Crippen molar-refractivity contribution in [2.45, 2.75) is 12.5 Å². The molecule has 1 saturated heterocycles. The van der Waals surface area contributed by atoms with E-state index in [0.717, 1.165) is 16.7 Å². The zero-order valence-electron chi connectivity index (χ0n) is 15.4. The predicted molar refractivity (Wildman–Crippen MR) is 101 cm³/mol. The van der Waals surface area contributed by atoms with Crippen molar-refractivity contribution in [2.75, 3.05) is 27.4 Å². The molecule has 3 N–H and O–H groups in total. The number of hydrogen-bond donors (Lipinski definition) is 3. The number of aliphatic hydroxyl groups excluding tert-OH is 2. The molecule has 144 valence electrons. The minimum Gasteiger partial charge on any atom is -0.504 e. The lowest BCUT2D eigenvalue weighted by atomic mass is 9.91. The fourth-order valence-electron chi connectivity index (χ4n) is 3.21. The second-order valence-corrected chi connectivity index (χ2v) is 6.53. The average Bonchev–Trinajstić information content (AvgIpc) is 2.67. The van der Waals surface area contributed by atoms with E-state index in [1.807, 2.05) is 18.2 Å². The second-order valence-electron chi connectivity index (χ2n) is 6.53. The van der Waals surface area contributed by atoms with Gasteiger partial charge in [0.05, 0.1) is 27.4 Å². The fourth-order valence-corrected chi connectivity index (χ4v) is 3.21. The van der Waals surface area contributed by atoms with Crippen LogP contribution in [0.4, 0.5) is 0 Å². The number of phenolic OH excluding ortho intramolecular Hbond substituents is 1. The Kier molecular flexibility index (Phi) is 5.88. The van der Waals surface area contributed by atoms with Crippen LogP contribution >= 0.6 is 0 Å². The highest BCUT2D eigenvalue weighted by atomic mass is 16.5. The third-order valence-corrected chi connectivity index (χ3v) is 4.68. The number of rotatable bonds is 4. The van der Waals surface area contributed by atoms with Gasteiger partial charge in [0.15, 0.2) is 17.3 Å². The Morgan fingerprint density at radius 2 is 1.89 bits per heavy atom. The first-order valence-electron chi connectivity index (χ1n) is 8.70. The summed E-state index contributed by atoms with van der Waals surface area (Å²) in [6, 6.07) is 5.00. The van der Waals surface area contributed by atoms with Gasteiger partial charge in [0.25, 0.3) is 0 Å². The summed E-state index contributed by atoms with van der Waals surface area (Å²) in [6.45, 7) is 0.673. The summed E-state index contributed by atoms with van der Waals surface area (Å²) in [5.74, 6) is 1.11. The monoisotopic (exact) mass is 372 g/mol. The molecule has 0 aromatic heterocycles. The van der Waals surface area contributed by atoms with Crippen LogP contribution in [0.2, 0.25) is 0 Å². The number of benzene rings is 1. The van der Waals surface area contributed by atoms with Crippen LogP contribution in [0.15, 0.2) is 59.1 Å². The molecule has 1 aliphatic carbocycles. The van der Waals surface area contributed by atoms with Gasteiger partial charge in [0.1, 0.15) is 11.9 Å². The van der Waals surface area contributed by atoms with E-state index in [2.05, 4.69) is 0 Å². The summed E-state index contributed by atoms with van der Waals surface area (Å²) in [4.78, 5) is 0. The third-order valence-electron chi connectivity index (χ3n) is 4.68. The van der Waals surface area contributed by atoms with Gasteiger partial charge in [-0.15, -0.1) is 0 Å². The van der Waals surface area contributed by atoms with E-state index in [9.17, 15) is 15.3 Å². The Morgan fingerprint density at radius 1 is 1.11 bits per heavy atom. The first kappa shape index (κ1) is 19.1. The molecule has 27 heavy (non-hydrogen) atoms. The summed E-state index contributed by atoms with van der Waals surface area (Å²) in [5, 5.41) is 30.2. The van der Waals surface area contributed by atoms with Crippen molar-refractivity contribution in [3.8, 4) is 11.5 Å². The number of hydrogen-bond acceptors (Lipinski definition) is 6. The van der Waals surface area contributed by atoms with E-state index < -0.39 is 6.10 Å². The van der Waals surface area contributed by atoms with Gasteiger partial charge in [0.2, 0.25) is 0 Å². The fraction of sp³-hybridized carbons (Fsp3) is 0.333. The van der Waals surface area contributed by atoms with E-state index >= 15 is 0 Å². The summed E-state index contributed by atoms with van der Waals surface area (Å²) in [7, 11) is 3.02. The molecule has 0 saturated carbocycles. The highest BCUT2D eigenvalue weighted by Gasteiger charge is 2.24. The number of allylic oxidation sites excluding steroid dienone is 4. The SMILES string of the molecule is COC1=C(O)C=CC(/C=C2\COC/C(=C\c3ccc(O)c(OC)c3)C2O)C1. The van der Waals surface area contributed by atoms with Crippen LogP contribution in [0.1, 0.15) is 12.0 Å². The molecule has 2 aliphatic rings. The van der Waals surface area contributed by atoms with Gasteiger partial charge in [-0.1, -0.05) is 24.3 Å². The molecule has 0 bridgehead atoms. The zero-order valence-corrected chi connectivity index (χ0v) is 15.4. The van der Waals surface area contributed by atoms with E-state index in [0.29, 0.717) is 31.1 Å². The minimum atomic E-state index is -0.752. The van der Waals surface area contributed by atoms with E-state index in [4.69, 9.17) is 14.2 Å². The molecule has 1 heterocycles. The van der Waals surface area contributed by atoms with Gasteiger partial charge in [-0.3, -0.25) is 0 Å². The lowest BCUT2D eigenvalue weighted by Crippen LogP contribution is -2.27. The lowest BCUT2D eigenvalue weighted by molar-refractivity contribution is 0.105. The number of ether oxygens (including phenoxy) is 3. The zero-order chi connectivity index (χ0) is 19.4. The van der Waals surface area contributed by atoms with Crippen molar-refractivity contribution < 1.29 is 29.5 Å². The summed E-state index contributed by atoms with van der Waals surface area (Å²) >= 11 is 0. The predicted octanol–water partition coefficient (Wildman–Crippen LogP) is 3.09. The Morgan fingerprint density at radius 3 is 2.63 bits per heavy atom. The maximum absolute atomic E-state index is 10.8. The first-order chi connectivity index (χ1) is 13.0. The molecule has 0 amide bonds. The Balaban J connectivity index is 1.80. The lowest BCUT2D eigenvalue weighted by Gasteiger charge is -2.26. The van der Waals surface area contributed by atoms with Crippen LogP contribution in [0.5, 0.6) is 11.5 Å². The molecular weight excluding hydrogens is 348 g/mol. The molecule has 6 nitrogen and oxygen atoms in total. The Hall–Kier alpha value is -2.70.